The molecule has 0 atom stereocenters. The summed E-state index contributed by atoms with van der Waals surface area (Å²) in [7, 11) is 3.87. The number of aromatic nitrogens is 2. The Kier molecular flexibility index (Phi) is 4.29. The van der Waals surface area contributed by atoms with Crippen molar-refractivity contribution in [3.8, 4) is 0 Å². The fourth-order valence-electron chi connectivity index (χ4n) is 1.32. The molecule has 0 saturated carbocycles. The predicted molar refractivity (Wildman–Crippen MR) is 60.4 cm³/mol. The molecule has 0 fully saturated rings. The van der Waals surface area contributed by atoms with E-state index in [1.165, 1.54) is 6.20 Å². The van der Waals surface area contributed by atoms with Crippen molar-refractivity contribution < 1.29 is 4.79 Å². The van der Waals surface area contributed by atoms with Gasteiger partial charge in [-0.2, -0.15) is 5.10 Å². The molecule has 1 heterocycles. The van der Waals surface area contributed by atoms with Crippen LogP contribution in [0.3, 0.4) is 0 Å². The number of Topliss-reactive ketones (excluding diaryl/α,β-unsaturated/α-hetero) is 1. The molecule has 5 heteroatoms. The van der Waals surface area contributed by atoms with Crippen LogP contribution in [0, 0.1) is 0 Å². The summed E-state index contributed by atoms with van der Waals surface area (Å²) < 4.78 is 1.64. The van der Waals surface area contributed by atoms with Crippen molar-refractivity contribution in [1.29, 1.82) is 0 Å². The van der Waals surface area contributed by atoms with Crippen molar-refractivity contribution in [2.75, 3.05) is 20.6 Å². The van der Waals surface area contributed by atoms with E-state index in [4.69, 9.17) is 11.6 Å². The number of rotatable bonds is 5. The van der Waals surface area contributed by atoms with Crippen LogP contribution in [0.5, 0.6) is 0 Å². The molecule has 0 aliphatic heterocycles. The molecule has 0 unspecified atom stereocenters. The Bertz CT molecular complexity index is 346. The molecule has 0 saturated heterocycles. The second-order valence-corrected chi connectivity index (χ2v) is 4.04. The summed E-state index contributed by atoms with van der Waals surface area (Å²) in [5.41, 5.74) is 0.529. The molecular weight excluding hydrogens is 214 g/mol. The van der Waals surface area contributed by atoms with Gasteiger partial charge in [0, 0.05) is 19.5 Å². The van der Waals surface area contributed by atoms with Gasteiger partial charge in [0.1, 0.15) is 5.69 Å². The Hall–Kier alpha value is -0.870. The summed E-state index contributed by atoms with van der Waals surface area (Å²) in [6.45, 7) is 3.33. The summed E-state index contributed by atoms with van der Waals surface area (Å²) in [6.07, 6.45) is 1.99. The van der Waals surface area contributed by atoms with Crippen LogP contribution in [0.2, 0.25) is 5.02 Å². The van der Waals surface area contributed by atoms with Gasteiger partial charge in [-0.15, -0.1) is 0 Å². The largest absolute Gasteiger partial charge is 0.309 e. The first kappa shape index (κ1) is 12.2. The van der Waals surface area contributed by atoms with E-state index in [1.54, 1.807) is 4.68 Å². The molecule has 0 aliphatic rings. The Morgan fingerprint density at radius 3 is 2.80 bits per heavy atom. The highest BCUT2D eigenvalue weighted by molar-refractivity contribution is 6.33. The number of hydrogen-bond acceptors (Lipinski definition) is 3. The molecule has 15 heavy (non-hydrogen) atoms. The lowest BCUT2D eigenvalue weighted by molar-refractivity contribution is 0.0962. The van der Waals surface area contributed by atoms with E-state index in [1.807, 2.05) is 25.9 Å². The molecule has 0 aromatic carbocycles. The van der Waals surface area contributed by atoms with Gasteiger partial charge in [0.25, 0.3) is 0 Å². The van der Waals surface area contributed by atoms with Gasteiger partial charge in [-0.1, -0.05) is 11.6 Å². The summed E-state index contributed by atoms with van der Waals surface area (Å²) in [6, 6.07) is 0. The Morgan fingerprint density at radius 1 is 1.60 bits per heavy atom. The smallest absolute Gasteiger partial charge is 0.183 e. The highest BCUT2D eigenvalue weighted by atomic mass is 35.5. The second kappa shape index (κ2) is 5.28. The summed E-state index contributed by atoms with van der Waals surface area (Å²) in [5, 5.41) is 4.48. The predicted octanol–water partition coefficient (Wildman–Crippen LogP) is 1.69. The van der Waals surface area contributed by atoms with Crippen molar-refractivity contribution in [3.05, 3.63) is 16.9 Å². The Labute approximate surface area is 94.8 Å². The van der Waals surface area contributed by atoms with Crippen molar-refractivity contribution in [1.82, 2.24) is 14.7 Å². The first-order valence-electron chi connectivity index (χ1n) is 4.95. The van der Waals surface area contributed by atoms with Gasteiger partial charge in [-0.05, 0) is 21.0 Å². The maximum Gasteiger partial charge on any atom is 0.183 e. The minimum atomic E-state index is 0.0491. The molecule has 84 valence electrons. The lowest BCUT2D eigenvalue weighted by atomic mass is 10.2. The highest BCUT2D eigenvalue weighted by Crippen LogP contribution is 2.16. The maximum absolute atomic E-state index is 11.8. The van der Waals surface area contributed by atoms with Crippen LogP contribution >= 0.6 is 11.6 Å². The number of nitrogens with zero attached hydrogens (tertiary/aromatic N) is 3. The van der Waals surface area contributed by atoms with E-state index in [0.717, 1.165) is 6.54 Å². The monoisotopic (exact) mass is 229 g/mol. The molecule has 0 amide bonds. The summed E-state index contributed by atoms with van der Waals surface area (Å²) in [4.78, 5) is 13.8. The fourth-order valence-corrected chi connectivity index (χ4v) is 1.57. The van der Waals surface area contributed by atoms with Crippen LogP contribution in [0.4, 0.5) is 0 Å². The number of ketones is 1. The zero-order chi connectivity index (χ0) is 11.4. The van der Waals surface area contributed by atoms with Crippen LogP contribution in [-0.2, 0) is 6.54 Å². The van der Waals surface area contributed by atoms with Gasteiger partial charge in [-0.25, -0.2) is 0 Å². The molecule has 1 rings (SSSR count). The molecule has 0 bridgehead atoms. The van der Waals surface area contributed by atoms with E-state index in [2.05, 4.69) is 5.10 Å². The molecular formula is C10H16ClN3O. The molecule has 0 radical (unpaired) electrons. The molecule has 1 aromatic rings. The Morgan fingerprint density at radius 2 is 2.27 bits per heavy atom. The SMILES string of the molecule is CCn1ncc(Cl)c1C(=O)CCN(C)C. The van der Waals surface area contributed by atoms with Gasteiger partial charge in [0.15, 0.2) is 5.78 Å². The minimum absolute atomic E-state index is 0.0491. The number of hydrogen-bond donors (Lipinski definition) is 0. The third-order valence-corrected chi connectivity index (χ3v) is 2.42. The number of halogens is 1. The number of carbonyl (C=O) groups is 1. The summed E-state index contributed by atoms with van der Waals surface area (Å²) >= 11 is 5.92. The van der Waals surface area contributed by atoms with Crippen LogP contribution < -0.4 is 0 Å². The molecule has 0 spiro atoms. The van der Waals surface area contributed by atoms with E-state index in [-0.39, 0.29) is 5.78 Å². The van der Waals surface area contributed by atoms with E-state index in [9.17, 15) is 4.79 Å². The van der Waals surface area contributed by atoms with Crippen molar-refractivity contribution in [3.63, 3.8) is 0 Å². The van der Waals surface area contributed by atoms with Crippen molar-refractivity contribution >= 4 is 17.4 Å². The highest BCUT2D eigenvalue weighted by Gasteiger charge is 2.16. The lowest BCUT2D eigenvalue weighted by Gasteiger charge is -2.09. The normalized spacial score (nSPS) is 11.0. The zero-order valence-electron chi connectivity index (χ0n) is 9.33. The standard InChI is InChI=1S/C10H16ClN3O/c1-4-14-10(8(11)7-12-14)9(15)5-6-13(2)3/h7H,4-6H2,1-3H3. The second-order valence-electron chi connectivity index (χ2n) is 3.63. The average molecular weight is 230 g/mol. The topological polar surface area (TPSA) is 38.1 Å². The van der Waals surface area contributed by atoms with Crippen molar-refractivity contribution in [2.24, 2.45) is 0 Å². The quantitative estimate of drug-likeness (QED) is 0.722. The van der Waals surface area contributed by atoms with Gasteiger partial charge >= 0.3 is 0 Å². The van der Waals surface area contributed by atoms with Gasteiger partial charge in [0.05, 0.1) is 11.2 Å². The molecule has 0 aliphatic carbocycles. The zero-order valence-corrected chi connectivity index (χ0v) is 10.1. The fraction of sp³-hybridized carbons (Fsp3) is 0.600. The molecule has 4 nitrogen and oxygen atoms in total. The van der Waals surface area contributed by atoms with Crippen LogP contribution in [0.1, 0.15) is 23.8 Å². The number of carbonyl (C=O) groups excluding carboxylic acids is 1. The Balaban J connectivity index is 2.76. The lowest BCUT2D eigenvalue weighted by Crippen LogP contribution is -2.18. The van der Waals surface area contributed by atoms with E-state index in [0.29, 0.717) is 23.7 Å². The first-order chi connectivity index (χ1) is 7.06. The van der Waals surface area contributed by atoms with E-state index >= 15 is 0 Å². The molecule has 0 N–H and O–H groups in total. The van der Waals surface area contributed by atoms with Crippen molar-refractivity contribution in [2.45, 2.75) is 19.9 Å². The van der Waals surface area contributed by atoms with Crippen LogP contribution in [0.15, 0.2) is 6.20 Å². The van der Waals surface area contributed by atoms with Crippen LogP contribution in [0.25, 0.3) is 0 Å². The molecule has 1 aromatic heterocycles. The third kappa shape index (κ3) is 3.04. The van der Waals surface area contributed by atoms with Gasteiger partial charge in [0.2, 0.25) is 0 Å². The minimum Gasteiger partial charge on any atom is -0.309 e. The maximum atomic E-state index is 11.8. The van der Waals surface area contributed by atoms with Crippen LogP contribution in [-0.4, -0.2) is 41.1 Å². The van der Waals surface area contributed by atoms with E-state index < -0.39 is 0 Å². The third-order valence-electron chi connectivity index (χ3n) is 2.14. The van der Waals surface area contributed by atoms with Gasteiger partial charge < -0.3 is 4.90 Å². The average Bonchev–Trinajstić information content (AvgIpc) is 2.56. The summed E-state index contributed by atoms with van der Waals surface area (Å²) in [5.74, 6) is 0.0491. The number of aryl methyl sites for hydroxylation is 1. The van der Waals surface area contributed by atoms with Gasteiger partial charge in [-0.3, -0.25) is 9.48 Å². The first-order valence-corrected chi connectivity index (χ1v) is 5.33.